The van der Waals surface area contributed by atoms with Crippen LogP contribution in [0.3, 0.4) is 0 Å². The Morgan fingerprint density at radius 3 is 3.10 bits per heavy atom. The molecule has 0 aromatic heterocycles. The smallest absolute Gasteiger partial charge is 0.336 e. The first-order valence-corrected chi connectivity index (χ1v) is 7.29. The highest BCUT2D eigenvalue weighted by Crippen LogP contribution is 2.23. The van der Waals surface area contributed by atoms with Crippen molar-refractivity contribution in [3.63, 3.8) is 0 Å². The van der Waals surface area contributed by atoms with Crippen LogP contribution >= 0.6 is 0 Å². The molecule has 1 saturated heterocycles. The summed E-state index contributed by atoms with van der Waals surface area (Å²) in [6, 6.07) is 6.80. The highest BCUT2D eigenvalue weighted by Gasteiger charge is 2.27. The molecule has 108 valence electrons. The Balaban J connectivity index is 1.64. The lowest BCUT2D eigenvalue weighted by Crippen LogP contribution is -2.46. The van der Waals surface area contributed by atoms with Gasteiger partial charge in [-0.2, -0.15) is 0 Å². The van der Waals surface area contributed by atoms with Gasteiger partial charge in [-0.25, -0.2) is 4.79 Å². The van der Waals surface area contributed by atoms with Crippen molar-refractivity contribution in [2.45, 2.75) is 31.9 Å². The van der Waals surface area contributed by atoms with E-state index in [9.17, 15) is 4.79 Å². The van der Waals surface area contributed by atoms with Crippen LogP contribution in [0.1, 0.15) is 23.1 Å². The maximum Gasteiger partial charge on any atom is 0.336 e. The van der Waals surface area contributed by atoms with Crippen LogP contribution in [-0.4, -0.2) is 43.8 Å². The third kappa shape index (κ3) is 2.86. The van der Waals surface area contributed by atoms with E-state index in [-0.39, 0.29) is 5.97 Å². The summed E-state index contributed by atoms with van der Waals surface area (Å²) in [6.45, 7) is 2.95. The second kappa shape index (κ2) is 5.94. The molecule has 0 saturated carbocycles. The Morgan fingerprint density at radius 2 is 2.25 bits per heavy atom. The van der Waals surface area contributed by atoms with Crippen molar-refractivity contribution < 1.29 is 14.3 Å². The lowest BCUT2D eigenvalue weighted by atomic mass is 10.1. The number of aryl methyl sites for hydroxylation is 2. The van der Waals surface area contributed by atoms with Gasteiger partial charge in [-0.05, 0) is 36.0 Å². The van der Waals surface area contributed by atoms with Gasteiger partial charge in [0, 0.05) is 19.6 Å². The molecule has 1 aliphatic carbocycles. The highest BCUT2D eigenvalue weighted by atomic mass is 16.6. The van der Waals surface area contributed by atoms with Crippen molar-refractivity contribution in [1.29, 1.82) is 0 Å². The molecule has 0 radical (unpaired) electrons. The van der Waals surface area contributed by atoms with Gasteiger partial charge >= 0.3 is 5.97 Å². The van der Waals surface area contributed by atoms with Crippen LogP contribution in [0.4, 0.5) is 0 Å². The normalized spacial score (nSPS) is 22.6. The Labute approximate surface area is 119 Å². The molecule has 1 aromatic rings. The second-order valence-electron chi connectivity index (χ2n) is 5.57. The standard InChI is InChI=1S/C16H21NO3/c1-19-16(18)15-11-17(7-8-20-15)10-12-5-6-13-3-2-4-14(13)9-12/h5-6,9,15H,2-4,7-8,10-11H2,1H3. The number of morpholine rings is 1. The van der Waals surface area contributed by atoms with E-state index >= 15 is 0 Å². The van der Waals surface area contributed by atoms with Crippen LogP contribution in [0.5, 0.6) is 0 Å². The van der Waals surface area contributed by atoms with E-state index in [4.69, 9.17) is 9.47 Å². The first-order valence-electron chi connectivity index (χ1n) is 7.29. The Kier molecular flexibility index (Phi) is 4.03. The van der Waals surface area contributed by atoms with E-state index in [2.05, 4.69) is 23.1 Å². The number of methoxy groups -OCH3 is 1. The summed E-state index contributed by atoms with van der Waals surface area (Å²) >= 11 is 0. The van der Waals surface area contributed by atoms with Crippen LogP contribution in [0.15, 0.2) is 18.2 Å². The van der Waals surface area contributed by atoms with Crippen molar-refractivity contribution in [3.8, 4) is 0 Å². The summed E-state index contributed by atoms with van der Waals surface area (Å²) in [4.78, 5) is 13.8. The summed E-state index contributed by atoms with van der Waals surface area (Å²) in [6.07, 6.45) is 3.26. The predicted molar refractivity (Wildman–Crippen MR) is 75.5 cm³/mol. The molecule has 0 spiro atoms. The van der Waals surface area contributed by atoms with Crippen molar-refractivity contribution >= 4 is 5.97 Å². The van der Waals surface area contributed by atoms with Crippen molar-refractivity contribution in [2.24, 2.45) is 0 Å². The van der Waals surface area contributed by atoms with Crippen molar-refractivity contribution in [1.82, 2.24) is 4.90 Å². The van der Waals surface area contributed by atoms with E-state index < -0.39 is 6.10 Å². The summed E-state index contributed by atoms with van der Waals surface area (Å²) in [5.41, 5.74) is 4.33. The third-order valence-corrected chi connectivity index (χ3v) is 4.18. The maximum atomic E-state index is 11.5. The number of benzene rings is 1. The molecular weight excluding hydrogens is 254 g/mol. The van der Waals surface area contributed by atoms with Gasteiger partial charge in [-0.3, -0.25) is 4.90 Å². The summed E-state index contributed by atoms with van der Waals surface area (Å²) in [5, 5.41) is 0. The van der Waals surface area contributed by atoms with Gasteiger partial charge < -0.3 is 9.47 Å². The molecular formula is C16H21NO3. The second-order valence-corrected chi connectivity index (χ2v) is 5.57. The highest BCUT2D eigenvalue weighted by molar-refractivity contribution is 5.74. The van der Waals surface area contributed by atoms with Gasteiger partial charge in [0.05, 0.1) is 13.7 Å². The molecule has 1 aliphatic heterocycles. The van der Waals surface area contributed by atoms with Crippen LogP contribution in [0, 0.1) is 0 Å². The number of carbonyl (C=O) groups is 1. The molecule has 3 rings (SSSR count). The molecule has 1 atom stereocenters. The molecule has 2 aliphatic rings. The first kappa shape index (κ1) is 13.6. The van der Waals surface area contributed by atoms with Gasteiger partial charge in [-0.1, -0.05) is 18.2 Å². The van der Waals surface area contributed by atoms with E-state index in [1.54, 1.807) is 0 Å². The minimum atomic E-state index is -0.442. The SMILES string of the molecule is COC(=O)C1CN(Cc2ccc3c(c2)CCC3)CCO1. The molecule has 1 aromatic carbocycles. The number of hydrogen-bond donors (Lipinski definition) is 0. The van der Waals surface area contributed by atoms with Crippen molar-refractivity contribution in [2.75, 3.05) is 26.8 Å². The topological polar surface area (TPSA) is 38.8 Å². The first-order chi connectivity index (χ1) is 9.76. The number of fused-ring (bicyclic) bond motifs is 1. The van der Waals surface area contributed by atoms with E-state index in [0.717, 1.165) is 13.1 Å². The lowest BCUT2D eigenvalue weighted by Gasteiger charge is -2.31. The fourth-order valence-electron chi connectivity index (χ4n) is 3.10. The quantitative estimate of drug-likeness (QED) is 0.785. The average molecular weight is 275 g/mol. The predicted octanol–water partition coefficient (Wildman–Crippen LogP) is 1.55. The zero-order valence-electron chi connectivity index (χ0n) is 11.9. The van der Waals surface area contributed by atoms with Crippen LogP contribution in [-0.2, 0) is 33.7 Å². The Bertz CT molecular complexity index is 500. The number of ether oxygens (including phenoxy) is 2. The lowest BCUT2D eigenvalue weighted by molar-refractivity contribution is -0.160. The average Bonchev–Trinajstić information content (AvgIpc) is 2.94. The van der Waals surface area contributed by atoms with Gasteiger partial charge in [0.15, 0.2) is 6.10 Å². The van der Waals surface area contributed by atoms with Crippen LogP contribution in [0.25, 0.3) is 0 Å². The molecule has 20 heavy (non-hydrogen) atoms. The number of rotatable bonds is 3. The van der Waals surface area contributed by atoms with Crippen LogP contribution < -0.4 is 0 Å². The largest absolute Gasteiger partial charge is 0.467 e. The van der Waals surface area contributed by atoms with E-state index in [1.165, 1.54) is 43.1 Å². The fraction of sp³-hybridized carbons (Fsp3) is 0.562. The number of nitrogens with zero attached hydrogens (tertiary/aromatic N) is 1. The fourth-order valence-corrected chi connectivity index (χ4v) is 3.10. The number of carbonyl (C=O) groups excluding carboxylic acids is 1. The Hall–Kier alpha value is -1.39. The van der Waals surface area contributed by atoms with Crippen LogP contribution in [0.2, 0.25) is 0 Å². The number of esters is 1. The van der Waals surface area contributed by atoms with E-state index in [0.29, 0.717) is 13.2 Å². The number of hydrogen-bond acceptors (Lipinski definition) is 4. The molecule has 0 amide bonds. The minimum Gasteiger partial charge on any atom is -0.467 e. The Morgan fingerprint density at radius 1 is 1.40 bits per heavy atom. The van der Waals surface area contributed by atoms with Gasteiger partial charge in [-0.15, -0.1) is 0 Å². The zero-order valence-corrected chi connectivity index (χ0v) is 11.9. The van der Waals surface area contributed by atoms with Gasteiger partial charge in [0.2, 0.25) is 0 Å². The molecule has 1 unspecified atom stereocenters. The van der Waals surface area contributed by atoms with Gasteiger partial charge in [0.25, 0.3) is 0 Å². The summed E-state index contributed by atoms with van der Waals surface area (Å²) in [7, 11) is 1.41. The summed E-state index contributed by atoms with van der Waals surface area (Å²) < 4.78 is 10.2. The minimum absolute atomic E-state index is 0.274. The van der Waals surface area contributed by atoms with Crippen molar-refractivity contribution in [3.05, 3.63) is 34.9 Å². The molecule has 1 heterocycles. The molecule has 0 N–H and O–H groups in total. The van der Waals surface area contributed by atoms with Gasteiger partial charge in [0.1, 0.15) is 0 Å². The van der Waals surface area contributed by atoms with E-state index in [1.807, 2.05) is 0 Å². The third-order valence-electron chi connectivity index (χ3n) is 4.18. The molecule has 0 bridgehead atoms. The monoisotopic (exact) mass is 275 g/mol. The molecule has 1 fully saturated rings. The zero-order chi connectivity index (χ0) is 13.9. The molecule has 4 nitrogen and oxygen atoms in total. The maximum absolute atomic E-state index is 11.5. The summed E-state index contributed by atoms with van der Waals surface area (Å²) in [5.74, 6) is -0.274. The molecule has 4 heteroatoms.